The van der Waals surface area contributed by atoms with E-state index in [9.17, 15) is 14.4 Å². The van der Waals surface area contributed by atoms with Crippen LogP contribution in [0.1, 0.15) is 239 Å². The summed E-state index contributed by atoms with van der Waals surface area (Å²) in [6.45, 7) is 6.36. The summed E-state index contributed by atoms with van der Waals surface area (Å²) in [5.41, 5.74) is 0. The van der Waals surface area contributed by atoms with Gasteiger partial charge >= 0.3 is 17.9 Å². The van der Waals surface area contributed by atoms with Gasteiger partial charge in [0.25, 0.3) is 0 Å². The molecule has 0 aliphatic rings. The molecule has 0 saturated heterocycles. The number of rotatable bonds is 46. The molecule has 0 aromatic rings. The third-order valence-electron chi connectivity index (χ3n) is 10.9. The molecule has 63 heavy (non-hydrogen) atoms. The number of carbonyl (C=O) groups is 3. The number of esters is 3. The van der Waals surface area contributed by atoms with Gasteiger partial charge < -0.3 is 14.2 Å². The molecule has 0 radical (unpaired) electrons. The monoisotopic (exact) mass is 877 g/mol. The van der Waals surface area contributed by atoms with Crippen LogP contribution in [-0.4, -0.2) is 37.2 Å². The molecule has 0 amide bonds. The predicted molar refractivity (Wildman–Crippen MR) is 270 cm³/mol. The molecule has 1 unspecified atom stereocenters. The van der Waals surface area contributed by atoms with Crippen LogP contribution in [-0.2, 0) is 28.6 Å². The molecule has 0 aromatic heterocycles. The van der Waals surface area contributed by atoms with Gasteiger partial charge in [-0.1, -0.05) is 196 Å². The van der Waals surface area contributed by atoms with Gasteiger partial charge in [0, 0.05) is 19.3 Å². The average molecular weight is 877 g/mol. The van der Waals surface area contributed by atoms with Crippen molar-refractivity contribution < 1.29 is 28.6 Å². The van der Waals surface area contributed by atoms with E-state index in [1.165, 1.54) is 89.9 Å². The smallest absolute Gasteiger partial charge is 0.306 e. The number of allylic oxidation sites excluding steroid dienone is 14. The van der Waals surface area contributed by atoms with Crippen LogP contribution in [0.25, 0.3) is 0 Å². The zero-order valence-electron chi connectivity index (χ0n) is 41.1. The van der Waals surface area contributed by atoms with E-state index in [0.29, 0.717) is 19.3 Å². The molecule has 0 heterocycles. The lowest BCUT2D eigenvalue weighted by Crippen LogP contribution is -2.30. The maximum atomic E-state index is 12.8. The highest BCUT2D eigenvalue weighted by atomic mass is 16.6. The molecule has 1 atom stereocenters. The quantitative estimate of drug-likeness (QED) is 0.0262. The molecular weight excluding hydrogens is 781 g/mol. The summed E-state index contributed by atoms with van der Waals surface area (Å²) in [7, 11) is 0. The summed E-state index contributed by atoms with van der Waals surface area (Å²) in [6, 6.07) is 0. The number of ether oxygens (including phenoxy) is 3. The molecular formula is C57H96O6. The minimum atomic E-state index is -0.800. The van der Waals surface area contributed by atoms with Gasteiger partial charge in [-0.15, -0.1) is 0 Å². The van der Waals surface area contributed by atoms with E-state index in [1.807, 2.05) is 0 Å². The van der Waals surface area contributed by atoms with E-state index < -0.39 is 6.10 Å². The average Bonchev–Trinajstić information content (AvgIpc) is 3.28. The number of hydrogen-bond donors (Lipinski definition) is 0. The first-order valence-electron chi connectivity index (χ1n) is 26.1. The van der Waals surface area contributed by atoms with E-state index in [4.69, 9.17) is 14.2 Å². The fraction of sp³-hybridized carbons (Fsp3) is 0.702. The lowest BCUT2D eigenvalue weighted by Gasteiger charge is -2.18. The summed E-state index contributed by atoms with van der Waals surface area (Å²) in [4.78, 5) is 38.0. The van der Waals surface area contributed by atoms with E-state index in [2.05, 4.69) is 106 Å². The first-order valence-corrected chi connectivity index (χ1v) is 26.1. The fourth-order valence-corrected chi connectivity index (χ4v) is 6.99. The number of hydrogen-bond acceptors (Lipinski definition) is 6. The van der Waals surface area contributed by atoms with Gasteiger partial charge in [-0.05, 0) is 109 Å². The van der Waals surface area contributed by atoms with E-state index in [0.717, 1.165) is 109 Å². The predicted octanol–water partition coefficient (Wildman–Crippen LogP) is 17.2. The van der Waals surface area contributed by atoms with Crippen molar-refractivity contribution in [3.63, 3.8) is 0 Å². The van der Waals surface area contributed by atoms with Gasteiger partial charge in [-0.3, -0.25) is 14.4 Å². The second-order valence-electron chi connectivity index (χ2n) is 17.0. The zero-order valence-corrected chi connectivity index (χ0v) is 41.1. The van der Waals surface area contributed by atoms with Crippen LogP contribution in [0, 0.1) is 0 Å². The van der Waals surface area contributed by atoms with E-state index in [1.54, 1.807) is 0 Å². The Morgan fingerprint density at radius 3 is 1.02 bits per heavy atom. The Morgan fingerprint density at radius 1 is 0.333 bits per heavy atom. The Hall–Kier alpha value is -3.41. The van der Waals surface area contributed by atoms with E-state index in [-0.39, 0.29) is 31.1 Å². The third kappa shape index (κ3) is 49.5. The molecule has 0 saturated carbocycles. The molecule has 0 fully saturated rings. The van der Waals surface area contributed by atoms with Crippen LogP contribution in [0.5, 0.6) is 0 Å². The second-order valence-corrected chi connectivity index (χ2v) is 17.0. The lowest BCUT2D eigenvalue weighted by atomic mass is 10.1. The Morgan fingerprint density at radius 2 is 0.619 bits per heavy atom. The molecule has 6 nitrogen and oxygen atoms in total. The molecule has 360 valence electrons. The summed E-state index contributed by atoms with van der Waals surface area (Å²) in [5.74, 6) is -0.956. The van der Waals surface area contributed by atoms with Gasteiger partial charge in [0.05, 0.1) is 0 Å². The van der Waals surface area contributed by atoms with Gasteiger partial charge in [0.15, 0.2) is 6.10 Å². The maximum Gasteiger partial charge on any atom is 0.306 e. The number of unbranched alkanes of at least 4 members (excludes halogenated alkanes) is 21. The molecule has 6 heteroatoms. The Bertz CT molecular complexity index is 1240. The summed E-state index contributed by atoms with van der Waals surface area (Å²) in [5, 5.41) is 0. The largest absolute Gasteiger partial charge is 0.462 e. The SMILES string of the molecule is CC/C=C\C/C=C\C/C=C\CCCCCCCCC(=O)OC(COC(=O)CCCC/C=C\C/C=C\C/C=C\CC)COC(=O)CCCCCCCCC/C=C\CCCCCCCC. The normalized spacial score (nSPS) is 12.7. The van der Waals surface area contributed by atoms with Gasteiger partial charge in [0.1, 0.15) is 13.2 Å². The Labute approximate surface area is 388 Å². The van der Waals surface area contributed by atoms with Gasteiger partial charge in [-0.2, -0.15) is 0 Å². The van der Waals surface area contributed by atoms with E-state index >= 15 is 0 Å². The number of carbonyl (C=O) groups excluding carboxylic acids is 3. The molecule has 0 spiro atoms. The summed E-state index contributed by atoms with van der Waals surface area (Å²) >= 11 is 0. The first kappa shape index (κ1) is 59.6. The van der Waals surface area contributed by atoms with Crippen LogP contribution in [0.3, 0.4) is 0 Å². The topological polar surface area (TPSA) is 78.9 Å². The van der Waals surface area contributed by atoms with Crippen LogP contribution >= 0.6 is 0 Å². The van der Waals surface area contributed by atoms with Crippen LogP contribution in [0.2, 0.25) is 0 Å². The van der Waals surface area contributed by atoms with Gasteiger partial charge in [-0.25, -0.2) is 0 Å². The Balaban J connectivity index is 4.44. The molecule has 0 aromatic carbocycles. The van der Waals surface area contributed by atoms with Gasteiger partial charge in [0.2, 0.25) is 0 Å². The van der Waals surface area contributed by atoms with Crippen molar-refractivity contribution in [3.05, 3.63) is 85.1 Å². The maximum absolute atomic E-state index is 12.8. The van der Waals surface area contributed by atoms with Crippen LogP contribution in [0.15, 0.2) is 85.1 Å². The standard InChI is InChI=1S/C57H96O6/c1-4-7-10-13-16-19-22-25-27-29-31-32-35-38-41-44-47-50-56(59)62-53-54(52-61-55(58)49-46-43-40-37-34-24-21-18-15-12-9-6-3)63-57(60)51-48-45-42-39-36-33-30-28-26-23-20-17-14-11-8-5-2/h8-9,11-12,17-18,20-21,25-28,34,37,54H,4-7,10,13-16,19,22-24,29-33,35-36,38-53H2,1-3H3/b11-8-,12-9-,20-17-,21-18-,27-25-,28-26-,37-34-. The van der Waals surface area contributed by atoms with Crippen molar-refractivity contribution in [2.24, 2.45) is 0 Å². The van der Waals surface area contributed by atoms with Crippen molar-refractivity contribution >= 4 is 17.9 Å². The minimum Gasteiger partial charge on any atom is -0.462 e. The minimum absolute atomic E-state index is 0.0968. The third-order valence-corrected chi connectivity index (χ3v) is 10.9. The van der Waals surface area contributed by atoms with Crippen molar-refractivity contribution in [2.45, 2.75) is 245 Å². The fourth-order valence-electron chi connectivity index (χ4n) is 6.99. The molecule has 0 N–H and O–H groups in total. The van der Waals surface area contributed by atoms with Crippen molar-refractivity contribution in [3.8, 4) is 0 Å². The molecule has 0 aliphatic heterocycles. The highest BCUT2D eigenvalue weighted by molar-refractivity contribution is 5.71. The highest BCUT2D eigenvalue weighted by Gasteiger charge is 2.19. The summed E-state index contributed by atoms with van der Waals surface area (Å²) < 4.78 is 16.8. The second kappa shape index (κ2) is 51.2. The van der Waals surface area contributed by atoms with Crippen LogP contribution < -0.4 is 0 Å². The van der Waals surface area contributed by atoms with Crippen molar-refractivity contribution in [1.82, 2.24) is 0 Å². The lowest BCUT2D eigenvalue weighted by molar-refractivity contribution is -0.167. The molecule has 0 rings (SSSR count). The first-order chi connectivity index (χ1) is 31.0. The van der Waals surface area contributed by atoms with Crippen molar-refractivity contribution in [1.29, 1.82) is 0 Å². The Kier molecular flexibility index (Phi) is 48.5. The van der Waals surface area contributed by atoms with Crippen molar-refractivity contribution in [2.75, 3.05) is 13.2 Å². The molecule has 0 bridgehead atoms. The van der Waals surface area contributed by atoms with Crippen LogP contribution in [0.4, 0.5) is 0 Å². The zero-order chi connectivity index (χ0) is 45.8. The highest BCUT2D eigenvalue weighted by Crippen LogP contribution is 2.14. The molecule has 0 aliphatic carbocycles. The summed E-state index contributed by atoms with van der Waals surface area (Å²) in [6.07, 6.45) is 65.7.